The summed E-state index contributed by atoms with van der Waals surface area (Å²) in [7, 11) is -5.07. The van der Waals surface area contributed by atoms with Gasteiger partial charge in [-0.25, -0.2) is 4.18 Å². The third-order valence-corrected chi connectivity index (χ3v) is 12.6. The molecule has 12 nitrogen and oxygen atoms in total. The number of allylic oxidation sites excluding steroid dienone is 10. The Bertz CT molecular complexity index is 1410. The summed E-state index contributed by atoms with van der Waals surface area (Å²) in [5, 5.41) is 30.8. The van der Waals surface area contributed by atoms with Crippen molar-refractivity contribution in [1.29, 1.82) is 0 Å². The van der Waals surface area contributed by atoms with Gasteiger partial charge >= 0.3 is 16.4 Å². The first kappa shape index (κ1) is 63.8. The number of carbonyl (C=O) groups is 1. The number of hydrogen-bond donors (Lipinski definition) is 4. The molecule has 0 radical (unpaired) electrons. The van der Waals surface area contributed by atoms with E-state index in [1.54, 1.807) is 0 Å². The number of aliphatic hydroxyl groups is 3. The Balaban J connectivity index is 2.33. The molecule has 0 bridgehead atoms. The van der Waals surface area contributed by atoms with Crippen molar-refractivity contribution in [2.75, 3.05) is 26.4 Å². The first-order chi connectivity index (χ1) is 33.1. The van der Waals surface area contributed by atoms with Crippen LogP contribution in [-0.2, 0) is 38.3 Å². The monoisotopic (exact) mass is 983 g/mol. The van der Waals surface area contributed by atoms with Crippen LogP contribution in [0.4, 0.5) is 0 Å². The number of esters is 1. The van der Waals surface area contributed by atoms with Crippen LogP contribution in [0, 0.1) is 0 Å². The molecule has 0 aromatic heterocycles. The van der Waals surface area contributed by atoms with Crippen LogP contribution in [-0.4, -0.2) is 97.5 Å². The summed E-state index contributed by atoms with van der Waals surface area (Å²) >= 11 is 0. The van der Waals surface area contributed by atoms with Gasteiger partial charge in [-0.1, -0.05) is 197 Å². The maximum absolute atomic E-state index is 12.9. The molecule has 6 unspecified atom stereocenters. The molecule has 396 valence electrons. The predicted octanol–water partition coefficient (Wildman–Crippen LogP) is 12.9. The molecule has 0 spiro atoms. The number of carbonyl (C=O) groups excluding carboxylic acids is 1. The van der Waals surface area contributed by atoms with E-state index in [9.17, 15) is 33.1 Å². The molecule has 1 rings (SSSR count). The van der Waals surface area contributed by atoms with Gasteiger partial charge in [0.15, 0.2) is 6.29 Å². The van der Waals surface area contributed by atoms with Crippen LogP contribution in [0.2, 0.25) is 0 Å². The average Bonchev–Trinajstić information content (AvgIpc) is 3.31. The minimum Gasteiger partial charge on any atom is -0.457 e. The van der Waals surface area contributed by atoms with Crippen molar-refractivity contribution in [3.05, 3.63) is 60.8 Å². The Morgan fingerprint density at radius 1 is 0.574 bits per heavy atom. The largest absolute Gasteiger partial charge is 0.457 e. The lowest BCUT2D eigenvalue weighted by molar-refractivity contribution is -0.301. The highest BCUT2D eigenvalue weighted by atomic mass is 32.3. The fourth-order valence-electron chi connectivity index (χ4n) is 8.07. The van der Waals surface area contributed by atoms with Crippen molar-refractivity contribution in [2.24, 2.45) is 0 Å². The van der Waals surface area contributed by atoms with Crippen LogP contribution in [0.1, 0.15) is 219 Å². The summed E-state index contributed by atoms with van der Waals surface area (Å²) in [5.41, 5.74) is 0. The second-order valence-electron chi connectivity index (χ2n) is 18.4. The van der Waals surface area contributed by atoms with E-state index >= 15 is 0 Å². The number of unbranched alkanes of at least 4 members (excludes halogenated alkanes) is 24. The van der Waals surface area contributed by atoms with Gasteiger partial charge in [0.05, 0.1) is 19.8 Å². The van der Waals surface area contributed by atoms with Crippen LogP contribution < -0.4 is 0 Å². The molecular weight excluding hydrogens is 885 g/mol. The van der Waals surface area contributed by atoms with E-state index in [0.717, 1.165) is 70.6 Å². The molecule has 1 saturated heterocycles. The zero-order valence-electron chi connectivity index (χ0n) is 42.7. The summed E-state index contributed by atoms with van der Waals surface area (Å²) in [5.74, 6) is -0.405. The fraction of sp³-hybridized carbons (Fsp3) is 0.800. The van der Waals surface area contributed by atoms with Gasteiger partial charge in [0.2, 0.25) is 0 Å². The van der Waals surface area contributed by atoms with Gasteiger partial charge in [-0.15, -0.1) is 0 Å². The van der Waals surface area contributed by atoms with Gasteiger partial charge in [-0.3, -0.25) is 9.35 Å². The number of rotatable bonds is 47. The fourth-order valence-corrected chi connectivity index (χ4v) is 8.58. The molecule has 0 saturated carbocycles. The zero-order chi connectivity index (χ0) is 49.6. The molecular formula is C55H98O12S. The van der Waals surface area contributed by atoms with Crippen LogP contribution >= 0.6 is 0 Å². The molecule has 1 aliphatic rings. The zero-order valence-corrected chi connectivity index (χ0v) is 43.5. The summed E-state index contributed by atoms with van der Waals surface area (Å²) in [6.07, 6.45) is 49.6. The van der Waals surface area contributed by atoms with Gasteiger partial charge < -0.3 is 34.3 Å². The van der Waals surface area contributed by atoms with Crippen molar-refractivity contribution in [3.8, 4) is 0 Å². The third-order valence-electron chi connectivity index (χ3n) is 12.1. The Kier molecular flexibility index (Phi) is 43.1. The maximum Gasteiger partial charge on any atom is 0.397 e. The lowest BCUT2D eigenvalue weighted by Gasteiger charge is -2.41. The minimum absolute atomic E-state index is 0.0311. The van der Waals surface area contributed by atoms with E-state index in [0.29, 0.717) is 13.0 Å². The molecule has 6 atom stereocenters. The van der Waals surface area contributed by atoms with E-state index in [2.05, 4.69) is 78.8 Å². The van der Waals surface area contributed by atoms with E-state index in [4.69, 9.17) is 18.9 Å². The molecule has 68 heavy (non-hydrogen) atoms. The molecule has 0 aromatic rings. The molecule has 1 heterocycles. The summed E-state index contributed by atoms with van der Waals surface area (Å²) < 4.78 is 59.3. The normalized spacial score (nSPS) is 19.8. The second-order valence-corrected chi connectivity index (χ2v) is 19.5. The highest BCUT2D eigenvalue weighted by Gasteiger charge is 2.48. The first-order valence-corrected chi connectivity index (χ1v) is 28.4. The third kappa shape index (κ3) is 38.5. The summed E-state index contributed by atoms with van der Waals surface area (Å²) in [6, 6.07) is 0. The summed E-state index contributed by atoms with van der Waals surface area (Å²) in [6.45, 7) is 3.88. The standard InChI is InChI=1S/C55H98O12S/c1-3-5-7-9-11-13-15-17-19-21-23-24-25-26-27-28-30-32-34-36-38-40-42-44-51(57)65-49(48-64-55-53(59)54(67-68(60,61)62)52(58)50(46-56)66-55)47-63-45-43-41-39-37-35-33-31-29-22-20-18-16-14-12-10-8-6-4-2/h5,7,11,13,17-20,23-24,49-50,52-56,58-59H,3-4,6,8-10,12,14-16,21-22,25-48H2,1-2H3,(H,60,61,62)/b7-5-,13-11-,19-17-,20-18-,24-23-. The Hall–Kier alpha value is -2.20. The number of aliphatic hydroxyl groups excluding tert-OH is 3. The number of hydrogen-bond acceptors (Lipinski definition) is 11. The molecule has 0 amide bonds. The number of ether oxygens (including phenoxy) is 4. The lowest BCUT2D eigenvalue weighted by atomic mass is 9.99. The van der Waals surface area contributed by atoms with Crippen molar-refractivity contribution in [2.45, 2.75) is 256 Å². The van der Waals surface area contributed by atoms with Crippen molar-refractivity contribution in [3.63, 3.8) is 0 Å². The topological polar surface area (TPSA) is 178 Å². The molecule has 1 fully saturated rings. The van der Waals surface area contributed by atoms with Crippen LogP contribution in [0.5, 0.6) is 0 Å². The van der Waals surface area contributed by atoms with Gasteiger partial charge in [0, 0.05) is 13.0 Å². The molecule has 1 aliphatic heterocycles. The Labute approximate surface area is 414 Å². The first-order valence-electron chi connectivity index (χ1n) is 27.0. The van der Waals surface area contributed by atoms with E-state index < -0.39 is 59.8 Å². The van der Waals surface area contributed by atoms with Crippen LogP contribution in [0.15, 0.2) is 60.8 Å². The van der Waals surface area contributed by atoms with Gasteiger partial charge in [0.25, 0.3) is 0 Å². The highest BCUT2D eigenvalue weighted by molar-refractivity contribution is 7.80. The maximum atomic E-state index is 12.9. The smallest absolute Gasteiger partial charge is 0.397 e. The van der Waals surface area contributed by atoms with Gasteiger partial charge in [-0.2, -0.15) is 8.42 Å². The molecule has 4 N–H and O–H groups in total. The second kappa shape index (κ2) is 45.9. The van der Waals surface area contributed by atoms with Gasteiger partial charge in [0.1, 0.15) is 30.5 Å². The van der Waals surface area contributed by atoms with Crippen LogP contribution in [0.25, 0.3) is 0 Å². The molecule has 0 aromatic carbocycles. The van der Waals surface area contributed by atoms with E-state index in [1.165, 1.54) is 122 Å². The van der Waals surface area contributed by atoms with E-state index in [-0.39, 0.29) is 19.6 Å². The van der Waals surface area contributed by atoms with E-state index in [1.807, 2.05) is 0 Å². The van der Waals surface area contributed by atoms with Crippen molar-refractivity contribution < 1.29 is 56.2 Å². The van der Waals surface area contributed by atoms with Crippen molar-refractivity contribution >= 4 is 16.4 Å². The molecule has 0 aliphatic carbocycles. The Morgan fingerprint density at radius 3 is 1.50 bits per heavy atom. The lowest BCUT2D eigenvalue weighted by Crippen LogP contribution is -2.60. The van der Waals surface area contributed by atoms with Crippen molar-refractivity contribution in [1.82, 2.24) is 0 Å². The average molecular weight is 983 g/mol. The summed E-state index contributed by atoms with van der Waals surface area (Å²) in [4.78, 5) is 12.9. The minimum atomic E-state index is -5.07. The SMILES string of the molecule is CC/C=C\C/C=C\C/C=C\C/C=C\CCCCCCCCCCCCC(=O)OC(COCCCCCCCCCC/C=C\CCCCCCCC)COC1OC(CO)C(O)C(OS(=O)(=O)O)C1O. The highest BCUT2D eigenvalue weighted by Crippen LogP contribution is 2.26. The van der Waals surface area contributed by atoms with Gasteiger partial charge in [-0.05, 0) is 77.0 Å². The van der Waals surface area contributed by atoms with Crippen LogP contribution in [0.3, 0.4) is 0 Å². The predicted molar refractivity (Wildman–Crippen MR) is 276 cm³/mol. The Morgan fingerprint density at radius 2 is 1.01 bits per heavy atom. The molecule has 13 heteroatoms. The quantitative estimate of drug-likeness (QED) is 0.0197.